The van der Waals surface area contributed by atoms with Gasteiger partial charge in [-0.2, -0.15) is 0 Å². The molecule has 3 heteroatoms. The molecule has 1 saturated heterocycles. The van der Waals surface area contributed by atoms with Gasteiger partial charge in [0.15, 0.2) is 0 Å². The number of fused-ring (bicyclic) bond motifs is 4. The number of piperidine rings is 1. The lowest BCUT2D eigenvalue weighted by molar-refractivity contribution is 0.114. The van der Waals surface area contributed by atoms with Crippen molar-refractivity contribution in [2.45, 2.75) is 25.4 Å². The zero-order valence-electron chi connectivity index (χ0n) is 12.1. The highest BCUT2D eigenvalue weighted by atomic mass is 16.1. The Labute approximate surface area is 124 Å². The maximum atomic E-state index is 12.0. The van der Waals surface area contributed by atoms with Crippen LogP contribution in [0.5, 0.6) is 0 Å². The van der Waals surface area contributed by atoms with Crippen LogP contribution in [0.3, 0.4) is 0 Å². The molecule has 2 bridgehead atoms. The summed E-state index contributed by atoms with van der Waals surface area (Å²) < 4.78 is 2.00. The Morgan fingerprint density at radius 1 is 0.952 bits per heavy atom. The van der Waals surface area contributed by atoms with E-state index in [1.165, 1.54) is 17.7 Å². The van der Waals surface area contributed by atoms with E-state index < -0.39 is 0 Å². The highest BCUT2D eigenvalue weighted by molar-refractivity contribution is 5.18. The van der Waals surface area contributed by atoms with Crippen molar-refractivity contribution < 1.29 is 0 Å². The molecule has 2 aliphatic heterocycles. The third kappa shape index (κ3) is 2.42. The average molecular weight is 280 g/mol. The second-order valence-corrected chi connectivity index (χ2v) is 6.38. The second-order valence-electron chi connectivity index (χ2n) is 6.38. The maximum Gasteiger partial charge on any atom is 0.250 e. The molecule has 2 aliphatic rings. The van der Waals surface area contributed by atoms with Crippen LogP contribution in [0.25, 0.3) is 0 Å². The van der Waals surface area contributed by atoms with Crippen molar-refractivity contribution in [3.05, 3.63) is 70.1 Å². The summed E-state index contributed by atoms with van der Waals surface area (Å²) in [6.45, 7) is 4.07. The Hall–Kier alpha value is -1.87. The minimum atomic E-state index is 0.165. The minimum Gasteiger partial charge on any atom is -0.312 e. The fraction of sp³-hybridized carbons (Fsp3) is 0.389. The Morgan fingerprint density at radius 2 is 1.81 bits per heavy atom. The fourth-order valence-electron chi connectivity index (χ4n) is 3.97. The molecular weight excluding hydrogens is 260 g/mol. The molecule has 3 nitrogen and oxygen atoms in total. The summed E-state index contributed by atoms with van der Waals surface area (Å²) in [6, 6.07) is 16.4. The summed E-state index contributed by atoms with van der Waals surface area (Å²) in [6.07, 6.45) is 1.23. The number of likely N-dealkylation sites (tertiary alicyclic amines) is 1. The summed E-state index contributed by atoms with van der Waals surface area (Å²) in [7, 11) is 0. The van der Waals surface area contributed by atoms with Crippen LogP contribution in [0.2, 0.25) is 0 Å². The van der Waals surface area contributed by atoms with Crippen molar-refractivity contribution in [3.8, 4) is 0 Å². The largest absolute Gasteiger partial charge is 0.312 e. The lowest BCUT2D eigenvalue weighted by Crippen LogP contribution is -2.46. The quantitative estimate of drug-likeness (QED) is 0.844. The Kier molecular flexibility index (Phi) is 3.15. The normalized spacial score (nSPS) is 24.6. The van der Waals surface area contributed by atoms with Crippen molar-refractivity contribution >= 4 is 0 Å². The number of aromatic nitrogens is 1. The number of benzene rings is 1. The summed E-state index contributed by atoms with van der Waals surface area (Å²) in [4.78, 5) is 14.6. The first-order valence-corrected chi connectivity index (χ1v) is 7.75. The maximum absolute atomic E-state index is 12.0. The van der Waals surface area contributed by atoms with Gasteiger partial charge >= 0.3 is 0 Å². The van der Waals surface area contributed by atoms with E-state index in [-0.39, 0.29) is 5.56 Å². The summed E-state index contributed by atoms with van der Waals surface area (Å²) in [5, 5.41) is 0. The average Bonchev–Trinajstić information content (AvgIpc) is 2.49. The molecule has 1 fully saturated rings. The molecule has 0 spiro atoms. The number of rotatable bonds is 2. The summed E-state index contributed by atoms with van der Waals surface area (Å²) in [5.41, 5.74) is 2.78. The predicted molar refractivity (Wildman–Crippen MR) is 83.3 cm³/mol. The Bertz CT molecular complexity index is 692. The van der Waals surface area contributed by atoms with Gasteiger partial charge in [0.1, 0.15) is 0 Å². The van der Waals surface area contributed by atoms with Crippen LogP contribution >= 0.6 is 0 Å². The SMILES string of the molecule is O=c1cccc2n1C[C@@H]1C[C@H]2CN(Cc2ccccc2)C1. The third-order valence-corrected chi connectivity index (χ3v) is 4.80. The molecule has 0 amide bonds. The molecule has 3 heterocycles. The van der Waals surface area contributed by atoms with Gasteiger partial charge in [0, 0.05) is 43.9 Å². The van der Waals surface area contributed by atoms with Crippen molar-refractivity contribution in [2.24, 2.45) is 5.92 Å². The third-order valence-electron chi connectivity index (χ3n) is 4.80. The summed E-state index contributed by atoms with van der Waals surface area (Å²) >= 11 is 0. The van der Waals surface area contributed by atoms with Gasteiger partial charge in [-0.15, -0.1) is 0 Å². The van der Waals surface area contributed by atoms with Gasteiger partial charge in [-0.3, -0.25) is 9.69 Å². The molecular formula is C18H20N2O. The van der Waals surface area contributed by atoms with E-state index in [0.717, 1.165) is 26.2 Å². The van der Waals surface area contributed by atoms with E-state index in [9.17, 15) is 4.79 Å². The fourth-order valence-corrected chi connectivity index (χ4v) is 3.97. The second kappa shape index (κ2) is 5.15. The molecule has 1 aromatic heterocycles. The first-order valence-electron chi connectivity index (χ1n) is 7.75. The van der Waals surface area contributed by atoms with E-state index in [0.29, 0.717) is 11.8 Å². The van der Waals surface area contributed by atoms with Crippen molar-refractivity contribution in [1.82, 2.24) is 9.47 Å². The van der Waals surface area contributed by atoms with Crippen LogP contribution in [0.4, 0.5) is 0 Å². The van der Waals surface area contributed by atoms with Gasteiger partial charge < -0.3 is 4.57 Å². The first kappa shape index (κ1) is 12.8. The standard InChI is InChI=1S/C18H20N2O/c21-18-8-4-7-17-16-9-15(12-20(17)18)11-19(13-16)10-14-5-2-1-3-6-14/h1-8,15-16H,9-13H2/t15-,16+/m1/s1. The van der Waals surface area contributed by atoms with Gasteiger partial charge in [0.2, 0.25) is 0 Å². The Balaban J connectivity index is 1.58. The van der Waals surface area contributed by atoms with E-state index in [4.69, 9.17) is 0 Å². The molecule has 2 aromatic rings. The van der Waals surface area contributed by atoms with E-state index >= 15 is 0 Å². The van der Waals surface area contributed by atoms with Gasteiger partial charge in [0.25, 0.3) is 5.56 Å². The van der Waals surface area contributed by atoms with Gasteiger partial charge in [-0.25, -0.2) is 0 Å². The van der Waals surface area contributed by atoms with E-state index in [1.807, 2.05) is 10.6 Å². The van der Waals surface area contributed by atoms with E-state index in [2.05, 4.69) is 41.3 Å². The highest BCUT2D eigenvalue weighted by Gasteiger charge is 2.34. The molecule has 21 heavy (non-hydrogen) atoms. The molecule has 0 aliphatic carbocycles. The zero-order chi connectivity index (χ0) is 14.2. The van der Waals surface area contributed by atoms with Crippen molar-refractivity contribution in [1.29, 1.82) is 0 Å². The lowest BCUT2D eigenvalue weighted by Gasteiger charge is -2.42. The number of pyridine rings is 1. The van der Waals surface area contributed by atoms with Crippen molar-refractivity contribution in [3.63, 3.8) is 0 Å². The van der Waals surface area contributed by atoms with Crippen LogP contribution in [0, 0.1) is 5.92 Å². The minimum absolute atomic E-state index is 0.165. The topological polar surface area (TPSA) is 25.2 Å². The van der Waals surface area contributed by atoms with Crippen LogP contribution in [0.15, 0.2) is 53.3 Å². The highest BCUT2D eigenvalue weighted by Crippen LogP contribution is 2.35. The van der Waals surface area contributed by atoms with Crippen LogP contribution < -0.4 is 5.56 Å². The molecule has 1 aromatic carbocycles. The van der Waals surface area contributed by atoms with Gasteiger partial charge in [-0.05, 0) is 24.0 Å². The Morgan fingerprint density at radius 3 is 2.67 bits per heavy atom. The molecule has 0 radical (unpaired) electrons. The van der Waals surface area contributed by atoms with Crippen LogP contribution in [0.1, 0.15) is 23.6 Å². The van der Waals surface area contributed by atoms with E-state index in [1.54, 1.807) is 6.07 Å². The lowest BCUT2D eigenvalue weighted by atomic mass is 9.83. The number of hydrogen-bond donors (Lipinski definition) is 0. The zero-order valence-corrected chi connectivity index (χ0v) is 12.1. The van der Waals surface area contributed by atoms with Crippen LogP contribution in [-0.2, 0) is 13.1 Å². The molecule has 0 saturated carbocycles. The van der Waals surface area contributed by atoms with Gasteiger partial charge in [-0.1, -0.05) is 36.4 Å². The molecule has 0 N–H and O–H groups in total. The van der Waals surface area contributed by atoms with Gasteiger partial charge in [0.05, 0.1) is 0 Å². The summed E-state index contributed by atoms with van der Waals surface area (Å²) in [5.74, 6) is 1.12. The molecule has 4 rings (SSSR count). The molecule has 108 valence electrons. The smallest absolute Gasteiger partial charge is 0.250 e. The monoisotopic (exact) mass is 280 g/mol. The first-order chi connectivity index (χ1) is 10.3. The van der Waals surface area contributed by atoms with Crippen molar-refractivity contribution in [2.75, 3.05) is 13.1 Å². The number of hydrogen-bond acceptors (Lipinski definition) is 2. The number of nitrogens with zero attached hydrogens (tertiary/aromatic N) is 2. The predicted octanol–water partition coefficient (Wildman–Crippen LogP) is 2.47. The molecule has 0 unspecified atom stereocenters. The molecule has 2 atom stereocenters. The van der Waals surface area contributed by atoms with Crippen LogP contribution in [-0.4, -0.2) is 22.6 Å².